The van der Waals surface area contributed by atoms with E-state index in [2.05, 4.69) is 13.0 Å². The lowest BCUT2D eigenvalue weighted by atomic mass is 9.94. The third kappa shape index (κ3) is 8.48. The van der Waals surface area contributed by atoms with Crippen LogP contribution >= 0.6 is 0 Å². The van der Waals surface area contributed by atoms with Crippen molar-refractivity contribution in [2.24, 2.45) is 11.7 Å². The van der Waals surface area contributed by atoms with E-state index in [0.29, 0.717) is 25.9 Å². The number of primary amides is 1. The molecule has 1 rings (SSSR count). The summed E-state index contributed by atoms with van der Waals surface area (Å²) < 4.78 is 5.95. The van der Waals surface area contributed by atoms with Crippen LogP contribution in [0.1, 0.15) is 84.5 Å². The quantitative estimate of drug-likeness (QED) is 0.234. The summed E-state index contributed by atoms with van der Waals surface area (Å²) in [5.41, 5.74) is 4.38. The first-order valence-corrected chi connectivity index (χ1v) is 10.6. The second-order valence-electron chi connectivity index (χ2n) is 7.67. The lowest BCUT2D eigenvalue weighted by Crippen LogP contribution is -2.33. The van der Waals surface area contributed by atoms with Gasteiger partial charge in [-0.05, 0) is 57.4 Å². The van der Waals surface area contributed by atoms with Crippen LogP contribution in [0.3, 0.4) is 0 Å². The predicted octanol–water partition coefficient (Wildman–Crippen LogP) is 4.55. The molecule has 1 fully saturated rings. The van der Waals surface area contributed by atoms with Gasteiger partial charge in [-0.1, -0.05) is 38.3 Å². The van der Waals surface area contributed by atoms with Gasteiger partial charge < -0.3 is 20.7 Å². The maximum atomic E-state index is 10.7. The van der Waals surface area contributed by atoms with E-state index in [1.807, 2.05) is 19.1 Å². The number of aliphatic hydroxyl groups excluding tert-OH is 2. The minimum atomic E-state index is -0.747. The van der Waals surface area contributed by atoms with Gasteiger partial charge >= 0.3 is 0 Å². The Hall–Kier alpha value is -1.33. The molecule has 1 aliphatic rings. The first-order chi connectivity index (χ1) is 12.9. The Morgan fingerprint density at radius 1 is 1.15 bits per heavy atom. The van der Waals surface area contributed by atoms with Crippen molar-refractivity contribution >= 4 is 5.91 Å². The highest BCUT2D eigenvalue weighted by Crippen LogP contribution is 2.43. The van der Waals surface area contributed by atoms with E-state index in [0.717, 1.165) is 32.1 Å². The molecule has 0 aromatic heterocycles. The van der Waals surface area contributed by atoms with Crippen LogP contribution in [0.4, 0.5) is 0 Å². The van der Waals surface area contributed by atoms with Crippen LogP contribution in [-0.4, -0.2) is 34.4 Å². The van der Waals surface area contributed by atoms with Crippen molar-refractivity contribution in [2.45, 2.75) is 96.2 Å². The number of carbonyl (C=O) groups is 1. The number of allylic oxidation sites excluding steroid dienone is 3. The van der Waals surface area contributed by atoms with Crippen molar-refractivity contribution < 1.29 is 19.7 Å². The first-order valence-electron chi connectivity index (χ1n) is 10.6. The Morgan fingerprint density at radius 2 is 1.93 bits per heavy atom. The van der Waals surface area contributed by atoms with E-state index in [4.69, 9.17) is 10.5 Å². The SMILES string of the molecule is CCCCCC/C=C(/O)[C@@]1(OCC)CC(C/C=C\CCCC(N)=O)[C@H](O)C1. The highest BCUT2D eigenvalue weighted by molar-refractivity contribution is 5.73. The van der Waals surface area contributed by atoms with Gasteiger partial charge in [0.2, 0.25) is 5.91 Å². The highest BCUT2D eigenvalue weighted by atomic mass is 16.5. The number of amides is 1. The maximum absolute atomic E-state index is 10.7. The van der Waals surface area contributed by atoms with Gasteiger partial charge in [0.1, 0.15) is 11.4 Å². The van der Waals surface area contributed by atoms with Gasteiger partial charge in [-0.15, -0.1) is 0 Å². The molecule has 0 aliphatic heterocycles. The number of nitrogens with two attached hydrogens (primary N) is 1. The minimum absolute atomic E-state index is 0.0691. The van der Waals surface area contributed by atoms with Crippen molar-refractivity contribution in [1.29, 1.82) is 0 Å². The smallest absolute Gasteiger partial charge is 0.217 e. The Labute approximate surface area is 164 Å². The summed E-state index contributed by atoms with van der Waals surface area (Å²) in [5.74, 6) is 0.0838. The fourth-order valence-electron chi connectivity index (χ4n) is 3.84. The average molecular weight is 382 g/mol. The lowest BCUT2D eigenvalue weighted by molar-refractivity contribution is -0.118. The number of unbranched alkanes of at least 4 members (excludes halogenated alkanes) is 5. The van der Waals surface area contributed by atoms with E-state index in [1.54, 1.807) is 0 Å². The molecule has 5 heteroatoms. The third-order valence-electron chi connectivity index (χ3n) is 5.36. The molecule has 0 spiro atoms. The fraction of sp³-hybridized carbons (Fsp3) is 0.773. The Morgan fingerprint density at radius 3 is 2.59 bits per heavy atom. The summed E-state index contributed by atoms with van der Waals surface area (Å²) in [4.78, 5) is 10.7. The van der Waals surface area contributed by atoms with E-state index in [1.165, 1.54) is 19.3 Å². The molecule has 1 saturated carbocycles. The van der Waals surface area contributed by atoms with Crippen LogP contribution in [0, 0.1) is 5.92 Å². The molecule has 1 unspecified atom stereocenters. The maximum Gasteiger partial charge on any atom is 0.217 e. The van der Waals surface area contributed by atoms with Gasteiger partial charge in [-0.25, -0.2) is 0 Å². The molecule has 0 bridgehead atoms. The number of ether oxygens (including phenoxy) is 1. The fourth-order valence-corrected chi connectivity index (χ4v) is 3.84. The summed E-state index contributed by atoms with van der Waals surface area (Å²) in [6.45, 7) is 4.62. The number of carbonyl (C=O) groups excluding carboxylic acids is 1. The molecule has 1 aliphatic carbocycles. The molecule has 5 nitrogen and oxygen atoms in total. The van der Waals surface area contributed by atoms with Gasteiger partial charge in [0, 0.05) is 19.4 Å². The topological polar surface area (TPSA) is 92.8 Å². The Balaban J connectivity index is 2.57. The van der Waals surface area contributed by atoms with Crippen LogP contribution < -0.4 is 5.73 Å². The van der Waals surface area contributed by atoms with Gasteiger partial charge in [0.15, 0.2) is 0 Å². The molecular weight excluding hydrogens is 342 g/mol. The molecule has 0 saturated heterocycles. The van der Waals surface area contributed by atoms with E-state index in [-0.39, 0.29) is 17.6 Å². The number of hydrogen-bond acceptors (Lipinski definition) is 4. The van der Waals surface area contributed by atoms with Gasteiger partial charge in [-0.2, -0.15) is 0 Å². The molecule has 0 radical (unpaired) electrons. The zero-order valence-corrected chi connectivity index (χ0v) is 17.2. The number of aliphatic hydroxyl groups is 2. The van der Waals surface area contributed by atoms with Gasteiger partial charge in [0.25, 0.3) is 0 Å². The van der Waals surface area contributed by atoms with Crippen molar-refractivity contribution in [3.8, 4) is 0 Å². The van der Waals surface area contributed by atoms with Crippen molar-refractivity contribution in [3.63, 3.8) is 0 Å². The largest absolute Gasteiger partial charge is 0.510 e. The molecule has 156 valence electrons. The lowest BCUT2D eigenvalue weighted by Gasteiger charge is -2.28. The Bertz CT molecular complexity index is 489. The van der Waals surface area contributed by atoms with E-state index >= 15 is 0 Å². The second kappa shape index (κ2) is 12.9. The normalized spacial score (nSPS) is 26.1. The summed E-state index contributed by atoms with van der Waals surface area (Å²) in [6, 6.07) is 0. The molecule has 27 heavy (non-hydrogen) atoms. The van der Waals surface area contributed by atoms with Crippen molar-refractivity contribution in [1.82, 2.24) is 0 Å². The zero-order valence-electron chi connectivity index (χ0n) is 17.2. The standard InChI is InChI=1S/C22H39NO4/c1-3-5-6-7-11-14-20(25)22(27-4-2)16-18(19(24)17-22)13-10-8-9-12-15-21(23)26/h8,10,14,18-19,24-25H,3-7,9,11-13,15-17H2,1-2H3,(H2,23,26)/b10-8-,20-14+/t18?,19-,22-/m1/s1. The molecule has 0 aromatic carbocycles. The van der Waals surface area contributed by atoms with Crippen LogP contribution in [0.2, 0.25) is 0 Å². The number of rotatable bonds is 14. The third-order valence-corrected chi connectivity index (χ3v) is 5.36. The van der Waals surface area contributed by atoms with E-state index in [9.17, 15) is 15.0 Å². The summed E-state index contributed by atoms with van der Waals surface area (Å²) in [5, 5.41) is 21.2. The zero-order chi connectivity index (χ0) is 20.1. The van der Waals surface area contributed by atoms with Crippen LogP contribution in [0.5, 0.6) is 0 Å². The number of hydrogen-bond donors (Lipinski definition) is 3. The first kappa shape index (κ1) is 23.7. The summed E-state index contributed by atoms with van der Waals surface area (Å²) >= 11 is 0. The molecule has 0 aromatic rings. The highest BCUT2D eigenvalue weighted by Gasteiger charge is 2.47. The van der Waals surface area contributed by atoms with Crippen LogP contribution in [-0.2, 0) is 9.53 Å². The van der Waals surface area contributed by atoms with E-state index < -0.39 is 11.7 Å². The molecule has 1 amide bonds. The van der Waals surface area contributed by atoms with Crippen molar-refractivity contribution in [2.75, 3.05) is 6.61 Å². The Kier molecular flexibility index (Phi) is 11.4. The summed E-state index contributed by atoms with van der Waals surface area (Å²) in [6.07, 6.45) is 14.8. The molecular formula is C22H39NO4. The average Bonchev–Trinajstić information content (AvgIpc) is 2.94. The van der Waals surface area contributed by atoms with Crippen LogP contribution in [0.25, 0.3) is 0 Å². The molecule has 3 atom stereocenters. The molecule has 0 heterocycles. The van der Waals surface area contributed by atoms with Crippen molar-refractivity contribution in [3.05, 3.63) is 24.0 Å². The van der Waals surface area contributed by atoms with Gasteiger partial charge in [0.05, 0.1) is 6.10 Å². The van der Waals surface area contributed by atoms with Gasteiger partial charge in [-0.3, -0.25) is 4.79 Å². The summed E-state index contributed by atoms with van der Waals surface area (Å²) in [7, 11) is 0. The minimum Gasteiger partial charge on any atom is -0.510 e. The monoisotopic (exact) mass is 381 g/mol. The predicted molar refractivity (Wildman–Crippen MR) is 109 cm³/mol. The second-order valence-corrected chi connectivity index (χ2v) is 7.67. The van der Waals surface area contributed by atoms with Crippen LogP contribution in [0.15, 0.2) is 24.0 Å². The molecule has 4 N–H and O–H groups in total.